The number of halogens is 1. The van der Waals surface area contributed by atoms with E-state index in [9.17, 15) is 0 Å². The zero-order valence-corrected chi connectivity index (χ0v) is 10.7. The first-order chi connectivity index (χ1) is 7.15. The molecule has 15 heavy (non-hydrogen) atoms. The average Bonchev–Trinajstić information content (AvgIpc) is 2.17. The van der Waals surface area contributed by atoms with E-state index < -0.39 is 0 Å². The van der Waals surface area contributed by atoms with Crippen LogP contribution >= 0.6 is 15.9 Å². The average molecular weight is 273 g/mol. The summed E-state index contributed by atoms with van der Waals surface area (Å²) in [6, 6.07) is 0. The third-order valence-electron chi connectivity index (χ3n) is 1.93. The molecule has 0 aliphatic rings. The molecule has 0 spiro atoms. The fourth-order valence-electron chi connectivity index (χ4n) is 1.42. The Morgan fingerprint density at radius 2 is 2.27 bits per heavy atom. The molecule has 0 bridgehead atoms. The van der Waals surface area contributed by atoms with Gasteiger partial charge in [0.1, 0.15) is 12.1 Å². The normalized spacial score (nSPS) is 10.7. The minimum atomic E-state index is 0.582. The van der Waals surface area contributed by atoms with Crippen molar-refractivity contribution in [1.82, 2.24) is 9.97 Å². The maximum atomic E-state index is 5.59. The molecular formula is C10H17BrN4. The summed E-state index contributed by atoms with van der Waals surface area (Å²) in [7, 11) is 0. The van der Waals surface area contributed by atoms with Crippen molar-refractivity contribution in [3.63, 3.8) is 0 Å². The Kier molecular flexibility index (Phi) is 4.98. The maximum Gasteiger partial charge on any atom is 0.146 e. The Morgan fingerprint density at radius 3 is 2.80 bits per heavy atom. The first kappa shape index (κ1) is 12.4. The molecule has 0 saturated carbocycles. The molecule has 4 nitrogen and oxygen atoms in total. The van der Waals surface area contributed by atoms with Gasteiger partial charge in [0.15, 0.2) is 0 Å². The van der Waals surface area contributed by atoms with Gasteiger partial charge in [-0.2, -0.15) is 0 Å². The van der Waals surface area contributed by atoms with Gasteiger partial charge >= 0.3 is 0 Å². The van der Waals surface area contributed by atoms with Crippen LogP contribution in [0.15, 0.2) is 17.0 Å². The van der Waals surface area contributed by atoms with E-state index in [1.54, 1.807) is 12.5 Å². The van der Waals surface area contributed by atoms with E-state index in [1.807, 2.05) is 0 Å². The molecule has 0 aromatic carbocycles. The molecule has 84 valence electrons. The second kappa shape index (κ2) is 6.02. The van der Waals surface area contributed by atoms with E-state index in [-0.39, 0.29) is 0 Å². The Labute approximate surface area is 99.0 Å². The fraction of sp³-hybridized carbons (Fsp3) is 0.600. The second-order valence-electron chi connectivity index (χ2n) is 3.82. The van der Waals surface area contributed by atoms with Crippen LogP contribution in [0.1, 0.15) is 13.8 Å². The monoisotopic (exact) mass is 272 g/mol. The predicted octanol–water partition coefficient (Wildman–Crippen LogP) is 1.66. The smallest absolute Gasteiger partial charge is 0.146 e. The summed E-state index contributed by atoms with van der Waals surface area (Å²) in [5.41, 5.74) is 5.59. The van der Waals surface area contributed by atoms with Gasteiger partial charge in [0.05, 0.1) is 4.47 Å². The highest BCUT2D eigenvalue weighted by Gasteiger charge is 2.11. The highest BCUT2D eigenvalue weighted by atomic mass is 79.9. The number of hydrogen-bond acceptors (Lipinski definition) is 4. The molecule has 0 saturated heterocycles. The number of aromatic nitrogens is 2. The molecule has 0 atom stereocenters. The number of nitrogens with two attached hydrogens (primary N) is 1. The van der Waals surface area contributed by atoms with Gasteiger partial charge in [0.25, 0.3) is 0 Å². The van der Waals surface area contributed by atoms with E-state index in [1.165, 1.54) is 0 Å². The van der Waals surface area contributed by atoms with Crippen molar-refractivity contribution in [3.8, 4) is 0 Å². The Balaban J connectivity index is 2.83. The van der Waals surface area contributed by atoms with Crippen LogP contribution in [0.5, 0.6) is 0 Å². The van der Waals surface area contributed by atoms with Gasteiger partial charge in [-0.1, -0.05) is 13.8 Å². The first-order valence-electron chi connectivity index (χ1n) is 5.05. The first-order valence-corrected chi connectivity index (χ1v) is 5.85. The van der Waals surface area contributed by atoms with Gasteiger partial charge in [0, 0.05) is 25.8 Å². The van der Waals surface area contributed by atoms with Gasteiger partial charge in [-0.05, 0) is 21.8 Å². The topological polar surface area (TPSA) is 55.0 Å². The van der Waals surface area contributed by atoms with Crippen molar-refractivity contribution in [1.29, 1.82) is 0 Å². The van der Waals surface area contributed by atoms with Crippen molar-refractivity contribution in [2.45, 2.75) is 13.8 Å². The molecule has 0 unspecified atom stereocenters. The van der Waals surface area contributed by atoms with Gasteiger partial charge in [-0.25, -0.2) is 9.97 Å². The zero-order chi connectivity index (χ0) is 11.3. The fourth-order valence-corrected chi connectivity index (χ4v) is 1.89. The lowest BCUT2D eigenvalue weighted by atomic mass is 10.2. The Bertz CT molecular complexity index is 303. The standard InChI is InChI=1S/C10H17BrN4/c1-8(2)6-15(4-3-12)10-9(11)5-13-7-14-10/h5,7-8H,3-4,6,12H2,1-2H3. The van der Waals surface area contributed by atoms with Crippen LogP contribution in [0, 0.1) is 5.92 Å². The molecule has 5 heteroatoms. The quantitative estimate of drug-likeness (QED) is 0.886. The van der Waals surface area contributed by atoms with Gasteiger partial charge in [0.2, 0.25) is 0 Å². The van der Waals surface area contributed by atoms with Crippen LogP contribution in [0.4, 0.5) is 5.82 Å². The third kappa shape index (κ3) is 3.76. The largest absolute Gasteiger partial charge is 0.354 e. The molecule has 0 radical (unpaired) electrons. The van der Waals surface area contributed by atoms with Gasteiger partial charge in [-0.15, -0.1) is 0 Å². The predicted molar refractivity (Wildman–Crippen MR) is 65.8 cm³/mol. The number of hydrogen-bond donors (Lipinski definition) is 1. The van der Waals surface area contributed by atoms with Crippen LogP contribution in [-0.2, 0) is 0 Å². The molecule has 1 aromatic rings. The summed E-state index contributed by atoms with van der Waals surface area (Å²) in [5.74, 6) is 1.50. The minimum Gasteiger partial charge on any atom is -0.354 e. The summed E-state index contributed by atoms with van der Waals surface area (Å²) in [6.07, 6.45) is 3.32. The Morgan fingerprint density at radius 1 is 1.53 bits per heavy atom. The molecule has 0 aliphatic heterocycles. The number of rotatable bonds is 5. The summed E-state index contributed by atoms with van der Waals surface area (Å²) >= 11 is 3.45. The van der Waals surface area contributed by atoms with Gasteiger partial charge in [-0.3, -0.25) is 0 Å². The van der Waals surface area contributed by atoms with E-state index in [0.29, 0.717) is 12.5 Å². The lowest BCUT2D eigenvalue weighted by molar-refractivity contribution is 0.606. The highest BCUT2D eigenvalue weighted by Crippen LogP contribution is 2.22. The van der Waals surface area contributed by atoms with Crippen molar-refractivity contribution in [2.24, 2.45) is 11.7 Å². The molecule has 0 aliphatic carbocycles. The second-order valence-corrected chi connectivity index (χ2v) is 4.68. The molecule has 1 rings (SSSR count). The van der Waals surface area contributed by atoms with Crippen molar-refractivity contribution in [2.75, 3.05) is 24.5 Å². The summed E-state index contributed by atoms with van der Waals surface area (Å²) < 4.78 is 0.916. The van der Waals surface area contributed by atoms with E-state index in [4.69, 9.17) is 5.73 Å². The number of nitrogens with zero attached hydrogens (tertiary/aromatic N) is 3. The van der Waals surface area contributed by atoms with Crippen LogP contribution in [0.3, 0.4) is 0 Å². The summed E-state index contributed by atoms with van der Waals surface area (Å²) in [4.78, 5) is 10.4. The van der Waals surface area contributed by atoms with Crippen LogP contribution in [0.25, 0.3) is 0 Å². The lowest BCUT2D eigenvalue weighted by Gasteiger charge is -2.25. The maximum absolute atomic E-state index is 5.59. The SMILES string of the molecule is CC(C)CN(CCN)c1ncncc1Br. The molecule has 0 amide bonds. The Hall–Kier alpha value is -0.680. The minimum absolute atomic E-state index is 0.582. The van der Waals surface area contributed by atoms with Crippen molar-refractivity contribution in [3.05, 3.63) is 17.0 Å². The highest BCUT2D eigenvalue weighted by molar-refractivity contribution is 9.10. The zero-order valence-electron chi connectivity index (χ0n) is 9.15. The summed E-state index contributed by atoms with van der Waals surface area (Å²) in [5, 5.41) is 0. The van der Waals surface area contributed by atoms with Gasteiger partial charge < -0.3 is 10.6 Å². The molecule has 1 heterocycles. The van der Waals surface area contributed by atoms with Crippen molar-refractivity contribution >= 4 is 21.7 Å². The van der Waals surface area contributed by atoms with Crippen LogP contribution in [0.2, 0.25) is 0 Å². The van der Waals surface area contributed by atoms with E-state index in [0.717, 1.165) is 23.4 Å². The van der Waals surface area contributed by atoms with E-state index >= 15 is 0 Å². The van der Waals surface area contributed by atoms with Crippen molar-refractivity contribution < 1.29 is 0 Å². The summed E-state index contributed by atoms with van der Waals surface area (Å²) in [6.45, 7) is 6.75. The lowest BCUT2D eigenvalue weighted by Crippen LogP contribution is -2.33. The van der Waals surface area contributed by atoms with Crippen LogP contribution in [-0.4, -0.2) is 29.6 Å². The van der Waals surface area contributed by atoms with E-state index in [2.05, 4.69) is 44.6 Å². The third-order valence-corrected chi connectivity index (χ3v) is 2.49. The molecule has 0 fully saturated rings. The molecule has 1 aromatic heterocycles. The van der Waals surface area contributed by atoms with Crippen LogP contribution < -0.4 is 10.6 Å². The molecule has 2 N–H and O–H groups in total. The number of anilines is 1. The molecular weight excluding hydrogens is 256 g/mol.